The first kappa shape index (κ1) is 13.6. The highest BCUT2D eigenvalue weighted by Gasteiger charge is 2.09. The molecule has 0 radical (unpaired) electrons. The third kappa shape index (κ3) is 2.74. The second-order valence-electron chi connectivity index (χ2n) is 4.09. The van der Waals surface area contributed by atoms with Crippen LogP contribution in [-0.2, 0) is 0 Å². The molecule has 0 aliphatic rings. The van der Waals surface area contributed by atoms with E-state index < -0.39 is 0 Å². The molecule has 0 saturated heterocycles. The van der Waals surface area contributed by atoms with E-state index in [0.29, 0.717) is 16.4 Å². The Hall–Kier alpha value is -2.38. The number of phenolic OH excluding ortho intramolecular Hbond substituents is 1. The molecule has 0 aliphatic carbocycles. The number of hydrogen-bond donors (Lipinski definition) is 2. The van der Waals surface area contributed by atoms with Gasteiger partial charge in [0.15, 0.2) is 10.1 Å². The molecular weight excluding hydrogens is 312 g/mol. The number of nitrogens with zero attached hydrogens (tertiary/aromatic N) is 3. The summed E-state index contributed by atoms with van der Waals surface area (Å²) in [6.07, 6.45) is 3.26. The quantitative estimate of drug-likeness (QED) is 0.575. The number of nitrogens with one attached hydrogen (secondary N) is 1. The van der Waals surface area contributed by atoms with Gasteiger partial charge in [-0.1, -0.05) is 11.6 Å². The zero-order valence-electron chi connectivity index (χ0n) is 10.5. The number of carbonyl (C=O) groups is 1. The highest BCUT2D eigenvalue weighted by atomic mass is 35.5. The fourth-order valence-electron chi connectivity index (χ4n) is 1.72. The molecule has 0 fully saturated rings. The smallest absolute Gasteiger partial charge is 0.271 e. The highest BCUT2D eigenvalue weighted by Crippen LogP contribution is 2.19. The van der Waals surface area contributed by atoms with Crippen LogP contribution in [0.15, 0.2) is 40.9 Å². The third-order valence-corrected chi connectivity index (χ3v) is 3.77. The summed E-state index contributed by atoms with van der Waals surface area (Å²) in [5, 5.41) is 15.2. The van der Waals surface area contributed by atoms with E-state index in [0.717, 1.165) is 4.96 Å². The van der Waals surface area contributed by atoms with Gasteiger partial charge in [0.2, 0.25) is 0 Å². The molecule has 0 aliphatic heterocycles. The first-order valence-electron chi connectivity index (χ1n) is 5.88. The van der Waals surface area contributed by atoms with Crippen molar-refractivity contribution in [1.29, 1.82) is 0 Å². The molecule has 0 saturated carbocycles. The van der Waals surface area contributed by atoms with E-state index in [4.69, 9.17) is 16.7 Å². The molecule has 3 aromatic rings. The van der Waals surface area contributed by atoms with Gasteiger partial charge in [0.05, 0.1) is 6.21 Å². The van der Waals surface area contributed by atoms with Gasteiger partial charge in [-0.15, -0.1) is 11.3 Å². The predicted molar refractivity (Wildman–Crippen MR) is 81.2 cm³/mol. The number of imidazole rings is 1. The van der Waals surface area contributed by atoms with Crippen molar-refractivity contribution >= 4 is 40.0 Å². The molecule has 6 nitrogen and oxygen atoms in total. The van der Waals surface area contributed by atoms with Crippen LogP contribution in [0.1, 0.15) is 16.1 Å². The maximum absolute atomic E-state index is 11.8. The Kier molecular flexibility index (Phi) is 3.59. The van der Waals surface area contributed by atoms with Crippen LogP contribution < -0.4 is 5.43 Å². The summed E-state index contributed by atoms with van der Waals surface area (Å²) in [6, 6.07) is 5.87. The van der Waals surface area contributed by atoms with Gasteiger partial charge in [-0.25, -0.2) is 10.4 Å². The number of thiazole rings is 1. The van der Waals surface area contributed by atoms with Crippen LogP contribution in [-0.4, -0.2) is 26.6 Å². The van der Waals surface area contributed by atoms with Crippen molar-refractivity contribution in [3.8, 4) is 5.75 Å². The van der Waals surface area contributed by atoms with Gasteiger partial charge in [0, 0.05) is 17.1 Å². The molecule has 0 spiro atoms. The van der Waals surface area contributed by atoms with E-state index in [9.17, 15) is 4.79 Å². The number of carbonyl (C=O) groups excluding carboxylic acids is 1. The molecule has 2 N–H and O–H groups in total. The summed E-state index contributed by atoms with van der Waals surface area (Å²) in [5.74, 6) is -0.283. The Labute approximate surface area is 128 Å². The number of halogens is 1. The van der Waals surface area contributed by atoms with Gasteiger partial charge in [-0.05, 0) is 24.3 Å². The van der Waals surface area contributed by atoms with E-state index in [2.05, 4.69) is 15.5 Å². The minimum absolute atomic E-state index is 0.0981. The van der Waals surface area contributed by atoms with Crippen LogP contribution in [0, 0.1) is 0 Å². The number of hydrazone groups is 1. The molecule has 21 heavy (non-hydrogen) atoms. The van der Waals surface area contributed by atoms with Crippen LogP contribution in [0.5, 0.6) is 5.75 Å². The van der Waals surface area contributed by atoms with Gasteiger partial charge in [0.25, 0.3) is 5.91 Å². The molecule has 1 aromatic carbocycles. The SMILES string of the molecule is O=C(N/N=C/c1c(Cl)nc2sccn12)c1ccc(O)cc1. The molecule has 2 heterocycles. The van der Waals surface area contributed by atoms with Gasteiger partial charge in [-0.2, -0.15) is 5.10 Å². The standard InChI is InChI=1S/C13H9ClN4O2S/c14-11-10(18-5-6-21-13(18)16-11)7-15-17-12(20)8-1-3-9(19)4-2-8/h1-7,19H,(H,17,20)/b15-7+. The zero-order valence-corrected chi connectivity index (χ0v) is 12.1. The van der Waals surface area contributed by atoms with E-state index in [-0.39, 0.29) is 11.7 Å². The van der Waals surface area contributed by atoms with Crippen molar-refractivity contribution in [3.63, 3.8) is 0 Å². The lowest BCUT2D eigenvalue weighted by Crippen LogP contribution is -2.17. The largest absolute Gasteiger partial charge is 0.508 e. The molecule has 0 bridgehead atoms. The Bertz CT molecular complexity index is 822. The summed E-state index contributed by atoms with van der Waals surface area (Å²) < 4.78 is 1.78. The molecular formula is C13H9ClN4O2S. The van der Waals surface area contributed by atoms with E-state index in [1.165, 1.54) is 41.8 Å². The summed E-state index contributed by atoms with van der Waals surface area (Å²) in [6.45, 7) is 0. The molecule has 8 heteroatoms. The van der Waals surface area contributed by atoms with Crippen LogP contribution in [0.3, 0.4) is 0 Å². The lowest BCUT2D eigenvalue weighted by Gasteiger charge is -1.99. The average molecular weight is 321 g/mol. The fourth-order valence-corrected chi connectivity index (χ4v) is 2.71. The zero-order chi connectivity index (χ0) is 14.8. The van der Waals surface area contributed by atoms with E-state index in [1.807, 2.05) is 11.6 Å². The summed E-state index contributed by atoms with van der Waals surface area (Å²) >= 11 is 7.46. The molecule has 3 rings (SSSR count). The minimum atomic E-state index is -0.381. The average Bonchev–Trinajstić information content (AvgIpc) is 3.02. The third-order valence-electron chi connectivity index (χ3n) is 2.74. The molecule has 0 atom stereocenters. The maximum Gasteiger partial charge on any atom is 0.271 e. The lowest BCUT2D eigenvalue weighted by molar-refractivity contribution is 0.0955. The number of benzene rings is 1. The van der Waals surface area contributed by atoms with Crippen molar-refractivity contribution in [3.05, 3.63) is 52.3 Å². The van der Waals surface area contributed by atoms with Crippen LogP contribution in [0.25, 0.3) is 4.96 Å². The normalized spacial score (nSPS) is 11.3. The number of rotatable bonds is 3. The molecule has 0 unspecified atom stereocenters. The fraction of sp³-hybridized carbons (Fsp3) is 0. The Balaban J connectivity index is 1.75. The summed E-state index contributed by atoms with van der Waals surface area (Å²) in [5.41, 5.74) is 3.38. The number of fused-ring (bicyclic) bond motifs is 1. The summed E-state index contributed by atoms with van der Waals surface area (Å²) in [7, 11) is 0. The van der Waals surface area contributed by atoms with Gasteiger partial charge in [0.1, 0.15) is 11.4 Å². The van der Waals surface area contributed by atoms with Crippen molar-refractivity contribution in [2.45, 2.75) is 0 Å². The van der Waals surface area contributed by atoms with Crippen molar-refractivity contribution in [2.75, 3.05) is 0 Å². The number of phenols is 1. The number of aromatic nitrogens is 2. The molecule has 1 amide bonds. The highest BCUT2D eigenvalue weighted by molar-refractivity contribution is 7.15. The first-order valence-corrected chi connectivity index (χ1v) is 7.14. The molecule has 2 aromatic heterocycles. The number of aromatic hydroxyl groups is 1. The lowest BCUT2D eigenvalue weighted by atomic mass is 10.2. The van der Waals surface area contributed by atoms with Crippen molar-refractivity contribution in [2.24, 2.45) is 5.10 Å². The second kappa shape index (κ2) is 5.55. The van der Waals surface area contributed by atoms with E-state index in [1.54, 1.807) is 4.40 Å². The van der Waals surface area contributed by atoms with Crippen molar-refractivity contribution in [1.82, 2.24) is 14.8 Å². The Morgan fingerprint density at radius 3 is 2.95 bits per heavy atom. The number of hydrogen-bond acceptors (Lipinski definition) is 5. The molecule has 106 valence electrons. The van der Waals surface area contributed by atoms with Crippen molar-refractivity contribution < 1.29 is 9.90 Å². The predicted octanol–water partition coefficient (Wildman–Crippen LogP) is 2.52. The Morgan fingerprint density at radius 2 is 2.19 bits per heavy atom. The number of amides is 1. The first-order chi connectivity index (χ1) is 10.1. The van der Waals surface area contributed by atoms with Gasteiger partial charge >= 0.3 is 0 Å². The van der Waals surface area contributed by atoms with Crippen LogP contribution in [0.2, 0.25) is 5.15 Å². The van der Waals surface area contributed by atoms with E-state index >= 15 is 0 Å². The second-order valence-corrected chi connectivity index (χ2v) is 5.32. The van der Waals surface area contributed by atoms with Crippen LogP contribution >= 0.6 is 22.9 Å². The van der Waals surface area contributed by atoms with Crippen LogP contribution in [0.4, 0.5) is 0 Å². The maximum atomic E-state index is 11.8. The van der Waals surface area contributed by atoms with Gasteiger partial charge < -0.3 is 5.11 Å². The van der Waals surface area contributed by atoms with Gasteiger partial charge in [-0.3, -0.25) is 9.20 Å². The minimum Gasteiger partial charge on any atom is -0.508 e. The Morgan fingerprint density at radius 1 is 1.43 bits per heavy atom. The monoisotopic (exact) mass is 320 g/mol. The topological polar surface area (TPSA) is 79.0 Å². The summed E-state index contributed by atoms with van der Waals surface area (Å²) in [4.78, 5) is 16.7.